The van der Waals surface area contributed by atoms with Crippen molar-refractivity contribution in [1.29, 1.82) is 0 Å². The maximum Gasteiger partial charge on any atom is 0.355 e. The summed E-state index contributed by atoms with van der Waals surface area (Å²) >= 11 is 3.49. The number of ether oxygens (including phenoxy) is 1. The molecule has 0 bridgehead atoms. The van der Waals surface area contributed by atoms with E-state index in [1.165, 1.54) is 0 Å². The molecule has 2 N–H and O–H groups in total. The fraction of sp³-hybridized carbons (Fsp3) is 0.231. The van der Waals surface area contributed by atoms with E-state index < -0.39 is 5.97 Å². The Morgan fingerprint density at radius 1 is 1.06 bits per heavy atom. The molecule has 0 aliphatic carbocycles. The largest absolute Gasteiger partial charge is 0.492 e. The number of benzene rings is 2. The lowest BCUT2D eigenvalue weighted by molar-refractivity contribution is 0.0692. The van der Waals surface area contributed by atoms with Gasteiger partial charge in [-0.1, -0.05) is 48.0 Å². The number of carbonyl (C=O) groups is 1. The maximum absolute atomic E-state index is 12.0. The topological polar surface area (TPSA) is 100 Å². The maximum atomic E-state index is 12.0. The molecular weight excluding hydrogens is 510 g/mol. The number of aromatic carboxylic acids is 1. The smallest absolute Gasteiger partial charge is 0.355 e. The van der Waals surface area contributed by atoms with Crippen molar-refractivity contribution in [1.82, 2.24) is 19.9 Å². The molecule has 2 aromatic heterocycles. The number of aromatic nitrogens is 3. The number of pyridine rings is 1. The number of fused-ring (bicyclic) bond motifs is 1. The van der Waals surface area contributed by atoms with Gasteiger partial charge in [0.25, 0.3) is 0 Å². The summed E-state index contributed by atoms with van der Waals surface area (Å²) in [7, 11) is 0. The Kier molecular flexibility index (Phi) is 7.89. The van der Waals surface area contributed by atoms with Crippen LogP contribution in [0, 0.1) is 0 Å². The first-order chi connectivity index (χ1) is 17.0. The van der Waals surface area contributed by atoms with Crippen molar-refractivity contribution in [3.8, 4) is 16.9 Å². The van der Waals surface area contributed by atoms with Gasteiger partial charge in [-0.25, -0.2) is 14.8 Å². The molecule has 0 amide bonds. The molecule has 0 spiro atoms. The highest BCUT2D eigenvalue weighted by Gasteiger charge is 2.18. The van der Waals surface area contributed by atoms with Gasteiger partial charge in [0, 0.05) is 33.9 Å². The monoisotopic (exact) mass is 535 g/mol. The summed E-state index contributed by atoms with van der Waals surface area (Å²) in [4.78, 5) is 27.4. The third kappa shape index (κ3) is 5.93. The molecule has 9 heteroatoms. The van der Waals surface area contributed by atoms with Gasteiger partial charge in [0.15, 0.2) is 11.3 Å². The van der Waals surface area contributed by atoms with Gasteiger partial charge in [-0.15, -0.1) is 0 Å². The summed E-state index contributed by atoms with van der Waals surface area (Å²) in [6.07, 6.45) is 1.63. The van der Waals surface area contributed by atoms with Crippen LogP contribution in [0.2, 0.25) is 0 Å². The first kappa shape index (κ1) is 24.6. The number of halogens is 1. The standard InChI is InChI=1S/C26H26BrN5O3/c1-3-32(4-2)13-14-35-19-11-9-18(10-12-19)29-26-28-16-17-15-21(20-7-5-6-8-22(20)27)23(25(33)34)30-24(17)31-26/h5-12,15-16H,3-4,13-14H2,1-2H3,(H,33,34)(H,28,29,30,31). The number of nitrogens with one attached hydrogen (secondary N) is 1. The van der Waals surface area contributed by atoms with E-state index in [4.69, 9.17) is 4.74 Å². The molecule has 2 heterocycles. The third-order valence-corrected chi connectivity index (χ3v) is 6.31. The van der Waals surface area contributed by atoms with Crippen LogP contribution in [-0.4, -0.2) is 57.2 Å². The number of likely N-dealkylation sites (N-methyl/N-ethyl adjacent to an activating group) is 1. The molecule has 0 fully saturated rings. The Labute approximate surface area is 212 Å². The summed E-state index contributed by atoms with van der Waals surface area (Å²) in [6.45, 7) is 7.79. The van der Waals surface area contributed by atoms with E-state index in [1.54, 1.807) is 12.3 Å². The van der Waals surface area contributed by atoms with Gasteiger partial charge in [-0.2, -0.15) is 4.98 Å². The van der Waals surface area contributed by atoms with Gasteiger partial charge in [0.1, 0.15) is 12.4 Å². The molecule has 180 valence electrons. The molecule has 2 aromatic carbocycles. The number of carboxylic acids is 1. The fourth-order valence-corrected chi connectivity index (χ4v) is 4.17. The highest BCUT2D eigenvalue weighted by Crippen LogP contribution is 2.32. The second-order valence-electron chi connectivity index (χ2n) is 7.80. The number of anilines is 2. The van der Waals surface area contributed by atoms with Crippen LogP contribution in [0.15, 0.2) is 65.3 Å². The first-order valence-electron chi connectivity index (χ1n) is 11.4. The average Bonchev–Trinajstić information content (AvgIpc) is 2.87. The minimum absolute atomic E-state index is 0.0692. The van der Waals surface area contributed by atoms with E-state index in [0.29, 0.717) is 29.2 Å². The van der Waals surface area contributed by atoms with Crippen LogP contribution in [0.4, 0.5) is 11.6 Å². The van der Waals surface area contributed by atoms with Crippen molar-refractivity contribution in [2.45, 2.75) is 13.8 Å². The number of carboxylic acid groups (broad SMARTS) is 1. The lowest BCUT2D eigenvalue weighted by atomic mass is 10.0. The lowest BCUT2D eigenvalue weighted by Crippen LogP contribution is -2.27. The number of nitrogens with zero attached hydrogens (tertiary/aromatic N) is 4. The minimum atomic E-state index is -1.12. The lowest BCUT2D eigenvalue weighted by Gasteiger charge is -2.18. The van der Waals surface area contributed by atoms with Crippen LogP contribution < -0.4 is 10.1 Å². The van der Waals surface area contributed by atoms with Gasteiger partial charge in [0.2, 0.25) is 5.95 Å². The molecule has 4 aromatic rings. The summed E-state index contributed by atoms with van der Waals surface area (Å²) < 4.78 is 6.61. The van der Waals surface area contributed by atoms with Crippen LogP contribution in [0.25, 0.3) is 22.2 Å². The quantitative estimate of drug-likeness (QED) is 0.270. The van der Waals surface area contributed by atoms with Gasteiger partial charge >= 0.3 is 5.97 Å². The zero-order valence-electron chi connectivity index (χ0n) is 19.5. The van der Waals surface area contributed by atoms with Crippen LogP contribution in [0.5, 0.6) is 5.75 Å². The summed E-state index contributed by atoms with van der Waals surface area (Å²) in [5.74, 6) is -0.0120. The zero-order valence-corrected chi connectivity index (χ0v) is 21.1. The van der Waals surface area contributed by atoms with Crippen LogP contribution in [-0.2, 0) is 0 Å². The van der Waals surface area contributed by atoms with Gasteiger partial charge in [0.05, 0.1) is 0 Å². The molecule has 0 aliphatic heterocycles. The molecule has 0 saturated heterocycles. The van der Waals surface area contributed by atoms with Crippen molar-refractivity contribution in [2.75, 3.05) is 31.6 Å². The minimum Gasteiger partial charge on any atom is -0.492 e. The Morgan fingerprint density at radius 2 is 1.80 bits per heavy atom. The number of rotatable bonds is 10. The Bertz CT molecular complexity index is 1330. The Hall–Kier alpha value is -3.56. The zero-order chi connectivity index (χ0) is 24.8. The molecule has 0 radical (unpaired) electrons. The van der Waals surface area contributed by atoms with E-state index in [1.807, 2.05) is 48.5 Å². The fourth-order valence-electron chi connectivity index (χ4n) is 3.67. The predicted molar refractivity (Wildman–Crippen MR) is 140 cm³/mol. The summed E-state index contributed by atoms with van der Waals surface area (Å²) in [5, 5.41) is 13.6. The Morgan fingerprint density at radius 3 is 2.49 bits per heavy atom. The number of hydrogen-bond acceptors (Lipinski definition) is 7. The van der Waals surface area contributed by atoms with Crippen molar-refractivity contribution >= 4 is 44.6 Å². The highest BCUT2D eigenvalue weighted by atomic mass is 79.9. The molecule has 4 rings (SSSR count). The highest BCUT2D eigenvalue weighted by molar-refractivity contribution is 9.10. The second-order valence-corrected chi connectivity index (χ2v) is 8.66. The van der Waals surface area contributed by atoms with Gasteiger partial charge in [-0.05, 0) is 55.1 Å². The summed E-state index contributed by atoms with van der Waals surface area (Å²) in [5.41, 5.74) is 2.25. The normalized spacial score (nSPS) is 11.1. The SMILES string of the molecule is CCN(CC)CCOc1ccc(Nc2ncc3cc(-c4ccccc4Br)c(C(=O)O)nc3n2)cc1. The molecule has 35 heavy (non-hydrogen) atoms. The Balaban J connectivity index is 1.52. The average molecular weight is 536 g/mol. The number of hydrogen-bond donors (Lipinski definition) is 2. The molecule has 0 aliphatic rings. The molecule has 0 saturated carbocycles. The van der Waals surface area contributed by atoms with Crippen molar-refractivity contribution in [3.05, 3.63) is 71.0 Å². The van der Waals surface area contributed by atoms with E-state index in [9.17, 15) is 9.90 Å². The van der Waals surface area contributed by atoms with Crippen molar-refractivity contribution < 1.29 is 14.6 Å². The van der Waals surface area contributed by atoms with E-state index in [2.05, 4.69) is 54.9 Å². The van der Waals surface area contributed by atoms with E-state index >= 15 is 0 Å². The molecule has 0 atom stereocenters. The van der Waals surface area contributed by atoms with Crippen LogP contribution in [0.1, 0.15) is 24.3 Å². The van der Waals surface area contributed by atoms with Gasteiger partial charge < -0.3 is 20.1 Å². The molecule has 8 nitrogen and oxygen atoms in total. The van der Waals surface area contributed by atoms with Crippen molar-refractivity contribution in [3.63, 3.8) is 0 Å². The van der Waals surface area contributed by atoms with Gasteiger partial charge in [-0.3, -0.25) is 0 Å². The predicted octanol–water partition coefficient (Wildman–Crippen LogP) is 5.62. The second kappa shape index (κ2) is 11.2. The third-order valence-electron chi connectivity index (χ3n) is 5.62. The van der Waals surface area contributed by atoms with E-state index in [0.717, 1.165) is 41.1 Å². The van der Waals surface area contributed by atoms with Crippen LogP contribution in [0.3, 0.4) is 0 Å². The van der Waals surface area contributed by atoms with E-state index in [-0.39, 0.29) is 5.69 Å². The van der Waals surface area contributed by atoms with Crippen molar-refractivity contribution in [2.24, 2.45) is 0 Å². The van der Waals surface area contributed by atoms with Crippen LogP contribution >= 0.6 is 15.9 Å². The first-order valence-corrected chi connectivity index (χ1v) is 12.2. The molecular formula is C26H26BrN5O3. The molecule has 0 unspecified atom stereocenters. The summed E-state index contributed by atoms with van der Waals surface area (Å²) in [6, 6.07) is 16.7.